The molecule has 4 aromatic carbocycles. The van der Waals surface area contributed by atoms with Crippen LogP contribution in [0.5, 0.6) is 0 Å². The molecule has 0 bridgehead atoms. The first-order valence-corrected chi connectivity index (χ1v) is 13.9. The van der Waals surface area contributed by atoms with Crippen molar-refractivity contribution >= 4 is 33.2 Å². The first-order valence-electron chi connectivity index (χ1n) is 12.1. The highest BCUT2D eigenvalue weighted by molar-refractivity contribution is 7.89. The van der Waals surface area contributed by atoms with Gasteiger partial charge in [0.2, 0.25) is 10.0 Å². The summed E-state index contributed by atoms with van der Waals surface area (Å²) in [5, 5.41) is 14.2. The van der Waals surface area contributed by atoms with Crippen molar-refractivity contribution in [2.45, 2.75) is 24.4 Å². The van der Waals surface area contributed by atoms with E-state index in [4.69, 9.17) is 11.6 Å². The van der Waals surface area contributed by atoms with Crippen LogP contribution in [0.2, 0.25) is 5.02 Å². The molecular formula is C29H26ClN3O5S. The number of nitro groups is 1. The molecule has 0 saturated carbocycles. The molecule has 0 aliphatic carbocycles. The second-order valence-electron chi connectivity index (χ2n) is 8.84. The van der Waals surface area contributed by atoms with E-state index in [9.17, 15) is 23.3 Å². The van der Waals surface area contributed by atoms with Gasteiger partial charge in [-0.05, 0) is 59.5 Å². The number of nitrogens with one attached hydrogen (secondary N) is 1. The molecule has 8 nitrogen and oxygen atoms in total. The van der Waals surface area contributed by atoms with E-state index in [1.165, 1.54) is 28.6 Å². The van der Waals surface area contributed by atoms with Gasteiger partial charge >= 0.3 is 0 Å². The van der Waals surface area contributed by atoms with Gasteiger partial charge in [-0.1, -0.05) is 66.2 Å². The molecule has 1 amide bonds. The highest BCUT2D eigenvalue weighted by Gasteiger charge is 2.25. The van der Waals surface area contributed by atoms with Crippen LogP contribution in [0, 0.1) is 10.1 Å². The average molecular weight is 564 g/mol. The van der Waals surface area contributed by atoms with E-state index in [1.807, 2.05) is 30.3 Å². The van der Waals surface area contributed by atoms with Gasteiger partial charge in [-0.3, -0.25) is 14.9 Å². The maximum absolute atomic E-state index is 13.5. The normalized spacial score (nSPS) is 11.3. The van der Waals surface area contributed by atoms with Crippen LogP contribution in [-0.2, 0) is 29.5 Å². The molecule has 200 valence electrons. The third-order valence-corrected chi connectivity index (χ3v) is 8.11. The van der Waals surface area contributed by atoms with Gasteiger partial charge in [-0.2, -0.15) is 4.31 Å². The molecule has 0 atom stereocenters. The zero-order valence-electron chi connectivity index (χ0n) is 20.9. The summed E-state index contributed by atoms with van der Waals surface area (Å²) in [6.45, 7) is 0.589. The molecule has 4 rings (SSSR count). The number of nitro benzene ring substituents is 1. The zero-order chi connectivity index (χ0) is 27.8. The molecule has 0 fully saturated rings. The van der Waals surface area contributed by atoms with Crippen LogP contribution in [0.15, 0.2) is 108 Å². The van der Waals surface area contributed by atoms with Crippen LogP contribution < -0.4 is 5.32 Å². The Kier molecular flexibility index (Phi) is 9.08. The lowest BCUT2D eigenvalue weighted by Crippen LogP contribution is -2.30. The fraction of sp³-hybridized carbons (Fsp3) is 0.138. The van der Waals surface area contributed by atoms with Gasteiger partial charge in [0.15, 0.2) is 0 Å². The monoisotopic (exact) mass is 563 g/mol. The molecule has 0 aromatic heterocycles. The lowest BCUT2D eigenvalue weighted by molar-refractivity contribution is -0.384. The zero-order valence-corrected chi connectivity index (χ0v) is 22.4. The van der Waals surface area contributed by atoms with Crippen LogP contribution in [0.4, 0.5) is 5.69 Å². The molecule has 39 heavy (non-hydrogen) atoms. The van der Waals surface area contributed by atoms with Crippen molar-refractivity contribution in [3.05, 3.63) is 141 Å². The quantitative estimate of drug-likeness (QED) is 0.188. The van der Waals surface area contributed by atoms with Crippen LogP contribution in [0.25, 0.3) is 0 Å². The number of halogens is 1. The number of carbonyl (C=O) groups excluding carboxylic acids is 1. The largest absolute Gasteiger partial charge is 0.352 e. The number of amides is 1. The van der Waals surface area contributed by atoms with E-state index in [1.54, 1.807) is 48.5 Å². The summed E-state index contributed by atoms with van der Waals surface area (Å²) in [5.74, 6) is -0.290. The van der Waals surface area contributed by atoms with Crippen molar-refractivity contribution in [2.75, 3.05) is 6.54 Å². The molecule has 1 N–H and O–H groups in total. The maximum Gasteiger partial charge on any atom is 0.269 e. The van der Waals surface area contributed by atoms with Gasteiger partial charge in [0.05, 0.1) is 9.82 Å². The van der Waals surface area contributed by atoms with E-state index in [-0.39, 0.29) is 29.6 Å². The molecule has 0 radical (unpaired) electrons. The van der Waals surface area contributed by atoms with Crippen molar-refractivity contribution in [2.24, 2.45) is 0 Å². The van der Waals surface area contributed by atoms with Gasteiger partial charge < -0.3 is 5.32 Å². The molecule has 0 spiro atoms. The fourth-order valence-corrected chi connectivity index (χ4v) is 5.52. The van der Waals surface area contributed by atoms with Crippen molar-refractivity contribution in [1.29, 1.82) is 0 Å². The summed E-state index contributed by atoms with van der Waals surface area (Å²) in [7, 11) is -3.83. The lowest BCUT2D eigenvalue weighted by Gasteiger charge is -2.23. The van der Waals surface area contributed by atoms with Gasteiger partial charge in [-0.25, -0.2) is 8.42 Å². The van der Waals surface area contributed by atoms with E-state index < -0.39 is 14.9 Å². The molecule has 0 aliphatic rings. The molecular weight excluding hydrogens is 538 g/mol. The van der Waals surface area contributed by atoms with Gasteiger partial charge in [0, 0.05) is 42.4 Å². The van der Waals surface area contributed by atoms with E-state index in [0.29, 0.717) is 23.6 Å². The number of carbonyl (C=O) groups is 1. The highest BCUT2D eigenvalue weighted by atomic mass is 35.5. The van der Waals surface area contributed by atoms with E-state index in [2.05, 4.69) is 5.32 Å². The molecule has 0 aliphatic heterocycles. The SMILES string of the molecule is O=C(NCCc1cccc([N+](=O)[O-])c1)c1ccc(CN(Cc2ccccc2)S(=O)(=O)c2ccc(Cl)cc2)cc1. The third kappa shape index (κ3) is 7.51. The predicted octanol–water partition coefficient (Wildman–Crippen LogP) is 5.61. The minimum Gasteiger partial charge on any atom is -0.352 e. The number of hydrogen-bond donors (Lipinski definition) is 1. The Morgan fingerprint density at radius 1 is 0.821 bits per heavy atom. The number of non-ortho nitro benzene ring substituents is 1. The Bertz CT molecular complexity index is 1540. The average Bonchev–Trinajstić information content (AvgIpc) is 2.94. The van der Waals surface area contributed by atoms with Crippen LogP contribution >= 0.6 is 11.6 Å². The minimum absolute atomic E-state index is 0.00815. The molecule has 10 heteroatoms. The summed E-state index contributed by atoms with van der Waals surface area (Å²) >= 11 is 5.96. The highest BCUT2D eigenvalue weighted by Crippen LogP contribution is 2.23. The second kappa shape index (κ2) is 12.7. The number of hydrogen-bond acceptors (Lipinski definition) is 5. The Morgan fingerprint density at radius 2 is 1.44 bits per heavy atom. The molecule has 0 saturated heterocycles. The Balaban J connectivity index is 1.44. The molecule has 4 aromatic rings. The Labute approximate surface area is 232 Å². The van der Waals surface area contributed by atoms with E-state index >= 15 is 0 Å². The summed E-state index contributed by atoms with van der Waals surface area (Å²) in [6.07, 6.45) is 0.447. The van der Waals surface area contributed by atoms with Crippen molar-refractivity contribution < 1.29 is 18.1 Å². The minimum atomic E-state index is -3.83. The third-order valence-electron chi connectivity index (χ3n) is 6.05. The number of sulfonamides is 1. The summed E-state index contributed by atoms with van der Waals surface area (Å²) in [5.41, 5.74) is 2.74. The van der Waals surface area contributed by atoms with Crippen molar-refractivity contribution in [3.8, 4) is 0 Å². The van der Waals surface area contributed by atoms with Gasteiger partial charge in [0.1, 0.15) is 0 Å². The standard InChI is InChI=1S/C29H26ClN3O5S/c30-26-13-15-28(16-14-26)39(37,38)32(20-23-5-2-1-3-6-23)21-24-9-11-25(12-10-24)29(34)31-18-17-22-7-4-8-27(19-22)33(35)36/h1-16,19H,17-18,20-21H2,(H,31,34). The van der Waals surface area contributed by atoms with Crippen LogP contribution in [0.3, 0.4) is 0 Å². The smallest absolute Gasteiger partial charge is 0.269 e. The Morgan fingerprint density at radius 3 is 2.08 bits per heavy atom. The van der Waals surface area contributed by atoms with Gasteiger partial charge in [-0.15, -0.1) is 0 Å². The first kappa shape index (κ1) is 28.0. The Hall–Kier alpha value is -4.05. The fourth-order valence-electron chi connectivity index (χ4n) is 3.98. The van der Waals surface area contributed by atoms with E-state index in [0.717, 1.165) is 16.7 Å². The number of nitrogens with zero attached hydrogens (tertiary/aromatic N) is 2. The van der Waals surface area contributed by atoms with Crippen LogP contribution in [-0.4, -0.2) is 30.1 Å². The molecule has 0 heterocycles. The predicted molar refractivity (Wildman–Crippen MR) is 150 cm³/mol. The van der Waals surface area contributed by atoms with Crippen molar-refractivity contribution in [1.82, 2.24) is 9.62 Å². The first-order chi connectivity index (χ1) is 18.7. The summed E-state index contributed by atoms with van der Waals surface area (Å²) in [4.78, 5) is 23.2. The topological polar surface area (TPSA) is 110 Å². The maximum atomic E-state index is 13.5. The van der Waals surface area contributed by atoms with Gasteiger partial charge in [0.25, 0.3) is 11.6 Å². The van der Waals surface area contributed by atoms with Crippen molar-refractivity contribution in [3.63, 3.8) is 0 Å². The summed E-state index contributed by atoms with van der Waals surface area (Å²) in [6, 6.07) is 28.4. The number of benzene rings is 4. The second-order valence-corrected chi connectivity index (χ2v) is 11.2. The lowest BCUT2D eigenvalue weighted by atomic mass is 10.1. The van der Waals surface area contributed by atoms with Crippen LogP contribution in [0.1, 0.15) is 27.0 Å². The molecule has 0 unspecified atom stereocenters. The number of rotatable bonds is 11. The summed E-state index contributed by atoms with van der Waals surface area (Å²) < 4.78 is 28.4.